The first kappa shape index (κ1) is 24.3. The summed E-state index contributed by atoms with van der Waals surface area (Å²) in [6.07, 6.45) is 5.06. The third-order valence-electron chi connectivity index (χ3n) is 4.29. The number of nitro groups is 1. The van der Waals surface area contributed by atoms with Crippen molar-refractivity contribution in [1.29, 1.82) is 0 Å². The molecule has 0 heterocycles. The summed E-state index contributed by atoms with van der Waals surface area (Å²) in [5, 5.41) is 14.3. The van der Waals surface area contributed by atoms with Gasteiger partial charge in [-0.15, -0.1) is 6.42 Å². The molecule has 4 rings (SSSR count). The van der Waals surface area contributed by atoms with Gasteiger partial charge in [0.25, 0.3) is 5.69 Å². The SMILES string of the molecule is C#Cc1ccc([N+](=O)[O-])cc1.[Au].c1ccc(P(c2ccccc2)c2ccccc2)cc1. The van der Waals surface area contributed by atoms with Crippen molar-refractivity contribution in [3.05, 3.63) is 131 Å². The van der Waals surface area contributed by atoms with Crippen LogP contribution in [-0.2, 0) is 22.4 Å². The Kier molecular flexibility index (Phi) is 9.91. The second kappa shape index (κ2) is 12.6. The van der Waals surface area contributed by atoms with Crippen LogP contribution in [-0.4, -0.2) is 4.92 Å². The molecule has 0 spiro atoms. The molecular weight excluding hydrogens is 586 g/mol. The fourth-order valence-corrected chi connectivity index (χ4v) is 5.16. The van der Waals surface area contributed by atoms with Crippen LogP contribution in [0.1, 0.15) is 5.56 Å². The van der Waals surface area contributed by atoms with Crippen LogP contribution in [0.3, 0.4) is 0 Å². The fraction of sp³-hybridized carbons (Fsp3) is 0. The average molecular weight is 606 g/mol. The molecule has 4 aromatic carbocycles. The summed E-state index contributed by atoms with van der Waals surface area (Å²) in [7, 11) is -0.446. The van der Waals surface area contributed by atoms with E-state index in [9.17, 15) is 10.1 Å². The summed E-state index contributed by atoms with van der Waals surface area (Å²) < 4.78 is 0. The summed E-state index contributed by atoms with van der Waals surface area (Å²) in [6.45, 7) is 0. The minimum Gasteiger partial charge on any atom is -0.258 e. The van der Waals surface area contributed by atoms with E-state index in [1.807, 2.05) is 0 Å². The second-order valence-corrected chi connectivity index (χ2v) is 8.51. The number of non-ortho nitro benzene ring substituents is 1. The molecule has 0 atom stereocenters. The Morgan fingerprint density at radius 2 is 1.00 bits per heavy atom. The van der Waals surface area contributed by atoms with E-state index in [0.717, 1.165) is 0 Å². The standard InChI is InChI=1S/C18H15P.C8H5NO2.Au/c1-4-10-16(11-5-1)19(17-12-6-2-7-13-17)18-14-8-3-9-15-18;1-2-7-3-5-8(6-4-7)9(10)11;/h1-15H;1,3-6H;. The maximum atomic E-state index is 10.2. The monoisotopic (exact) mass is 606 g/mol. The molecule has 0 aliphatic carbocycles. The molecule has 0 N–H and O–H groups in total. The van der Waals surface area contributed by atoms with Gasteiger partial charge in [0, 0.05) is 40.1 Å². The van der Waals surface area contributed by atoms with Crippen molar-refractivity contribution >= 4 is 29.5 Å². The largest absolute Gasteiger partial charge is 0.269 e. The van der Waals surface area contributed by atoms with Gasteiger partial charge in [-0.1, -0.05) is 96.9 Å². The van der Waals surface area contributed by atoms with Crippen LogP contribution in [0.4, 0.5) is 5.69 Å². The molecule has 0 amide bonds. The Morgan fingerprint density at radius 3 is 1.29 bits per heavy atom. The van der Waals surface area contributed by atoms with Gasteiger partial charge in [-0.2, -0.15) is 0 Å². The molecular formula is C26H20AuNO2P. The van der Waals surface area contributed by atoms with E-state index >= 15 is 0 Å². The number of hydrogen-bond donors (Lipinski definition) is 0. The van der Waals surface area contributed by atoms with E-state index in [1.165, 1.54) is 40.2 Å². The van der Waals surface area contributed by atoms with Gasteiger partial charge in [-0.05, 0) is 36.0 Å². The van der Waals surface area contributed by atoms with Crippen molar-refractivity contribution in [1.82, 2.24) is 0 Å². The number of rotatable bonds is 4. The molecule has 157 valence electrons. The summed E-state index contributed by atoms with van der Waals surface area (Å²) in [4.78, 5) is 9.70. The Labute approximate surface area is 199 Å². The van der Waals surface area contributed by atoms with Crippen molar-refractivity contribution in [3.8, 4) is 12.3 Å². The van der Waals surface area contributed by atoms with Gasteiger partial charge in [0.05, 0.1) is 4.92 Å². The first-order valence-corrected chi connectivity index (χ1v) is 10.7. The van der Waals surface area contributed by atoms with Gasteiger partial charge in [0.1, 0.15) is 0 Å². The summed E-state index contributed by atoms with van der Waals surface area (Å²) in [5.41, 5.74) is 0.708. The Balaban J connectivity index is 0.000000245. The Morgan fingerprint density at radius 1 is 0.645 bits per heavy atom. The summed E-state index contributed by atoms with van der Waals surface area (Å²) >= 11 is 0. The van der Waals surface area contributed by atoms with E-state index in [-0.39, 0.29) is 28.1 Å². The smallest absolute Gasteiger partial charge is 0.258 e. The van der Waals surface area contributed by atoms with Crippen molar-refractivity contribution in [2.75, 3.05) is 0 Å². The maximum Gasteiger partial charge on any atom is 0.269 e. The van der Waals surface area contributed by atoms with E-state index in [4.69, 9.17) is 6.42 Å². The van der Waals surface area contributed by atoms with Gasteiger partial charge in [0.2, 0.25) is 0 Å². The minimum absolute atomic E-state index is 0. The van der Waals surface area contributed by atoms with Gasteiger partial charge in [-0.3, -0.25) is 10.1 Å². The molecule has 0 saturated carbocycles. The van der Waals surface area contributed by atoms with Crippen molar-refractivity contribution in [2.45, 2.75) is 0 Å². The number of benzene rings is 4. The number of nitrogens with zero attached hydrogens (tertiary/aromatic N) is 1. The predicted octanol–water partition coefficient (Wildman–Crippen LogP) is 5.02. The molecule has 0 unspecified atom stereocenters. The van der Waals surface area contributed by atoms with Crippen LogP contribution in [0.15, 0.2) is 115 Å². The van der Waals surface area contributed by atoms with E-state index in [2.05, 4.69) is 96.9 Å². The Bertz CT molecular complexity index is 1020. The topological polar surface area (TPSA) is 43.1 Å². The Hall–Kier alpha value is -2.99. The van der Waals surface area contributed by atoms with Crippen molar-refractivity contribution in [3.63, 3.8) is 0 Å². The maximum absolute atomic E-state index is 10.2. The normalized spacial score (nSPS) is 9.55. The molecule has 0 aliphatic heterocycles. The van der Waals surface area contributed by atoms with E-state index in [0.29, 0.717) is 5.56 Å². The molecule has 1 radical (unpaired) electrons. The molecule has 0 aromatic heterocycles. The molecule has 4 aromatic rings. The molecule has 31 heavy (non-hydrogen) atoms. The van der Waals surface area contributed by atoms with Gasteiger partial charge < -0.3 is 0 Å². The molecule has 0 fully saturated rings. The van der Waals surface area contributed by atoms with Crippen molar-refractivity contribution in [2.24, 2.45) is 0 Å². The molecule has 0 bridgehead atoms. The van der Waals surface area contributed by atoms with Gasteiger partial charge >= 0.3 is 0 Å². The zero-order chi connectivity index (χ0) is 21.2. The predicted molar refractivity (Wildman–Crippen MR) is 126 cm³/mol. The van der Waals surface area contributed by atoms with Crippen LogP contribution in [0.25, 0.3) is 0 Å². The third kappa shape index (κ3) is 7.03. The summed E-state index contributed by atoms with van der Waals surface area (Å²) in [6, 6.07) is 38.2. The fourth-order valence-electron chi connectivity index (χ4n) is 2.86. The first-order chi connectivity index (χ1) is 14.7. The van der Waals surface area contributed by atoms with Crippen LogP contribution in [0.5, 0.6) is 0 Å². The molecule has 0 saturated heterocycles. The van der Waals surface area contributed by atoms with Crippen LogP contribution in [0.2, 0.25) is 0 Å². The van der Waals surface area contributed by atoms with Gasteiger partial charge in [0.15, 0.2) is 0 Å². The van der Waals surface area contributed by atoms with Crippen LogP contribution < -0.4 is 15.9 Å². The number of terminal acetylenes is 1. The molecule has 3 nitrogen and oxygen atoms in total. The van der Waals surface area contributed by atoms with E-state index < -0.39 is 12.8 Å². The minimum atomic E-state index is -0.458. The third-order valence-corrected chi connectivity index (χ3v) is 6.73. The quantitative estimate of drug-likeness (QED) is 0.108. The second-order valence-electron chi connectivity index (χ2n) is 6.29. The number of hydrogen-bond acceptors (Lipinski definition) is 2. The van der Waals surface area contributed by atoms with E-state index in [1.54, 1.807) is 0 Å². The first-order valence-electron chi connectivity index (χ1n) is 9.35. The summed E-state index contributed by atoms with van der Waals surface area (Å²) in [5.74, 6) is 2.37. The zero-order valence-electron chi connectivity index (χ0n) is 16.6. The van der Waals surface area contributed by atoms with Gasteiger partial charge in [-0.25, -0.2) is 0 Å². The van der Waals surface area contributed by atoms with Crippen molar-refractivity contribution < 1.29 is 27.3 Å². The zero-order valence-corrected chi connectivity index (χ0v) is 19.6. The molecule has 5 heteroatoms. The average Bonchev–Trinajstić information content (AvgIpc) is 2.82. The molecule has 0 aliphatic rings. The van der Waals surface area contributed by atoms with Crippen LogP contribution >= 0.6 is 7.92 Å². The number of nitro benzene ring substituents is 1. The van der Waals surface area contributed by atoms with Crippen LogP contribution in [0, 0.1) is 22.5 Å².